The molecular weight excluding hydrogens is 460 g/mol. The number of esters is 1. The molecule has 0 bridgehead atoms. The molecule has 0 aromatic heterocycles. The van der Waals surface area contributed by atoms with Crippen molar-refractivity contribution in [2.45, 2.75) is 95.4 Å². The number of amides is 2. The summed E-state index contributed by atoms with van der Waals surface area (Å²) in [6.45, 7) is 7.41. The second-order valence-corrected chi connectivity index (χ2v) is 10.7. The van der Waals surface area contributed by atoms with Crippen LogP contribution >= 0.6 is 0 Å². The van der Waals surface area contributed by atoms with E-state index < -0.39 is 35.0 Å². The smallest absolute Gasteiger partial charge is 0.313 e. The summed E-state index contributed by atoms with van der Waals surface area (Å²) in [5, 5.41) is 9.11. The largest absolute Gasteiger partial charge is 0.465 e. The number of carbonyl (C=O) groups is 3. The van der Waals surface area contributed by atoms with E-state index in [9.17, 15) is 14.4 Å². The van der Waals surface area contributed by atoms with Crippen molar-refractivity contribution >= 4 is 17.8 Å². The molecule has 0 aliphatic carbocycles. The number of cyclic esters (lactones) is 1. The molecule has 1 spiro atoms. The number of unbranched alkanes of at least 4 members (excludes halogenated alkanes) is 3. The van der Waals surface area contributed by atoms with Gasteiger partial charge in [-0.15, -0.1) is 0 Å². The fourth-order valence-electron chi connectivity index (χ4n) is 6.70. The zero-order chi connectivity index (χ0) is 25.9. The maximum Gasteiger partial charge on any atom is 0.313 e. The molecule has 2 fully saturated rings. The Labute approximate surface area is 214 Å². The Morgan fingerprint density at radius 2 is 1.83 bits per heavy atom. The zero-order valence-electron chi connectivity index (χ0n) is 22.0. The maximum absolute atomic E-state index is 14.2. The van der Waals surface area contributed by atoms with Gasteiger partial charge in [-0.1, -0.05) is 57.4 Å². The van der Waals surface area contributed by atoms with Gasteiger partial charge in [0.15, 0.2) is 0 Å². The maximum atomic E-state index is 14.2. The molecule has 8 nitrogen and oxygen atoms in total. The minimum absolute atomic E-state index is 0.0305. The van der Waals surface area contributed by atoms with Crippen LogP contribution in [0, 0.1) is 11.8 Å². The third kappa shape index (κ3) is 4.40. The first-order chi connectivity index (χ1) is 17.4. The molecule has 0 radical (unpaired) electrons. The van der Waals surface area contributed by atoms with Crippen LogP contribution in [0.3, 0.4) is 0 Å². The van der Waals surface area contributed by atoms with Crippen LogP contribution in [0.1, 0.15) is 72.1 Å². The van der Waals surface area contributed by atoms with Crippen LogP contribution in [0.4, 0.5) is 0 Å². The van der Waals surface area contributed by atoms with Crippen LogP contribution in [0.25, 0.3) is 0 Å². The van der Waals surface area contributed by atoms with Crippen molar-refractivity contribution in [3.05, 3.63) is 24.3 Å². The van der Waals surface area contributed by atoms with Crippen LogP contribution in [0.2, 0.25) is 0 Å². The van der Waals surface area contributed by atoms with Gasteiger partial charge in [-0.25, -0.2) is 0 Å². The lowest BCUT2D eigenvalue weighted by Gasteiger charge is -2.39. The Hall–Kier alpha value is -2.19. The van der Waals surface area contributed by atoms with Gasteiger partial charge in [-0.05, 0) is 39.0 Å². The van der Waals surface area contributed by atoms with Gasteiger partial charge in [-0.2, -0.15) is 0 Å². The molecule has 200 valence electrons. The average Bonchev–Trinajstić information content (AvgIpc) is 3.19. The summed E-state index contributed by atoms with van der Waals surface area (Å²) in [7, 11) is 0. The third-order valence-corrected chi connectivity index (χ3v) is 8.48. The standard InChI is InChI=1S/C28H42N2O6/c1-4-13-20(3)29-17-12-15-28-21(22-26(34)35-19-11-8-14-27(22,5-2)36-28)24(32)30(23(28)25(29)33)16-9-6-7-10-18-31/h8,12,14-15,20-23,31H,4-7,9-11,13,16-19H2,1-3H3/t20?,21-,22+,23?,27-,28-/m0/s1. The van der Waals surface area contributed by atoms with Gasteiger partial charge in [0.1, 0.15) is 23.2 Å². The Morgan fingerprint density at radius 1 is 1.06 bits per heavy atom. The molecule has 4 aliphatic rings. The summed E-state index contributed by atoms with van der Waals surface area (Å²) in [4.78, 5) is 45.3. The fourth-order valence-corrected chi connectivity index (χ4v) is 6.70. The zero-order valence-corrected chi connectivity index (χ0v) is 22.0. The van der Waals surface area contributed by atoms with Gasteiger partial charge in [0.05, 0.1) is 12.5 Å². The number of fused-ring (bicyclic) bond motifs is 2. The Bertz CT molecular complexity index is 902. The molecule has 4 aliphatic heterocycles. The molecule has 4 rings (SSSR count). The molecule has 0 saturated carbocycles. The van der Waals surface area contributed by atoms with Gasteiger partial charge >= 0.3 is 5.97 Å². The quantitative estimate of drug-likeness (QED) is 0.280. The summed E-state index contributed by atoms with van der Waals surface area (Å²) in [5.74, 6) is -2.33. The van der Waals surface area contributed by atoms with Crippen LogP contribution in [0.15, 0.2) is 24.3 Å². The first kappa shape index (κ1) is 26.9. The molecule has 2 unspecified atom stereocenters. The molecule has 2 saturated heterocycles. The third-order valence-electron chi connectivity index (χ3n) is 8.48. The summed E-state index contributed by atoms with van der Waals surface area (Å²) in [6.07, 6.45) is 13.8. The van der Waals surface area contributed by atoms with Gasteiger partial charge in [0.25, 0.3) is 0 Å². The minimum atomic E-state index is -1.21. The molecule has 36 heavy (non-hydrogen) atoms. The summed E-state index contributed by atoms with van der Waals surface area (Å²) in [6, 6.07) is -0.785. The van der Waals surface area contributed by atoms with Gasteiger partial charge < -0.3 is 24.4 Å². The van der Waals surface area contributed by atoms with Crippen LogP contribution in [-0.4, -0.2) is 82.3 Å². The van der Waals surface area contributed by atoms with E-state index >= 15 is 0 Å². The molecule has 1 N–H and O–H groups in total. The van der Waals surface area contributed by atoms with Crippen molar-refractivity contribution in [2.75, 3.05) is 26.3 Å². The van der Waals surface area contributed by atoms with E-state index in [0.717, 1.165) is 38.5 Å². The van der Waals surface area contributed by atoms with Crippen LogP contribution < -0.4 is 0 Å². The highest BCUT2D eigenvalue weighted by molar-refractivity contribution is 5.99. The highest BCUT2D eigenvalue weighted by Crippen LogP contribution is 2.58. The summed E-state index contributed by atoms with van der Waals surface area (Å²) < 4.78 is 12.5. The fraction of sp³-hybridized carbons (Fsp3) is 0.750. The normalized spacial score (nSPS) is 34.6. The predicted octanol–water partition coefficient (Wildman–Crippen LogP) is 2.99. The first-order valence-electron chi connectivity index (χ1n) is 13.8. The Morgan fingerprint density at radius 3 is 2.56 bits per heavy atom. The summed E-state index contributed by atoms with van der Waals surface area (Å²) >= 11 is 0. The highest BCUT2D eigenvalue weighted by atomic mass is 16.6. The van der Waals surface area contributed by atoms with Crippen molar-refractivity contribution in [3.8, 4) is 0 Å². The van der Waals surface area contributed by atoms with E-state index in [1.54, 1.807) is 4.90 Å². The van der Waals surface area contributed by atoms with Crippen molar-refractivity contribution < 1.29 is 29.0 Å². The molecule has 4 heterocycles. The van der Waals surface area contributed by atoms with Crippen molar-refractivity contribution in [1.82, 2.24) is 9.80 Å². The lowest BCUT2D eigenvalue weighted by atomic mass is 9.73. The number of rotatable bonds is 10. The van der Waals surface area contributed by atoms with Crippen LogP contribution in [0.5, 0.6) is 0 Å². The lowest BCUT2D eigenvalue weighted by Crippen LogP contribution is -2.57. The van der Waals surface area contributed by atoms with E-state index in [1.165, 1.54) is 0 Å². The molecule has 2 amide bonds. The first-order valence-corrected chi connectivity index (χ1v) is 13.8. The minimum Gasteiger partial charge on any atom is -0.465 e. The highest BCUT2D eigenvalue weighted by Gasteiger charge is 2.75. The van der Waals surface area contributed by atoms with Gasteiger partial charge in [0.2, 0.25) is 11.8 Å². The Balaban J connectivity index is 1.77. The van der Waals surface area contributed by atoms with E-state index in [2.05, 4.69) is 13.8 Å². The topological polar surface area (TPSA) is 96.4 Å². The number of ether oxygens (including phenoxy) is 2. The molecular formula is C28H42N2O6. The van der Waals surface area contributed by atoms with E-state index in [1.807, 2.05) is 36.1 Å². The van der Waals surface area contributed by atoms with Crippen molar-refractivity contribution in [2.24, 2.45) is 11.8 Å². The van der Waals surface area contributed by atoms with E-state index in [-0.39, 0.29) is 31.1 Å². The number of aliphatic hydroxyl groups is 1. The molecule has 8 heteroatoms. The Kier molecular flexibility index (Phi) is 8.25. The van der Waals surface area contributed by atoms with Crippen LogP contribution in [-0.2, 0) is 23.9 Å². The molecule has 6 atom stereocenters. The average molecular weight is 503 g/mol. The predicted molar refractivity (Wildman–Crippen MR) is 135 cm³/mol. The molecule has 0 aromatic rings. The second-order valence-electron chi connectivity index (χ2n) is 10.7. The van der Waals surface area contributed by atoms with E-state index in [4.69, 9.17) is 14.6 Å². The number of nitrogens with zero attached hydrogens (tertiary/aromatic N) is 2. The number of hydrogen-bond donors (Lipinski definition) is 1. The number of hydrogen-bond acceptors (Lipinski definition) is 6. The SMILES string of the molecule is CCCC(C)N1CC=C[C@]23O[C@@]4(CC)C=CCCOC(=O)[C@H]4[C@H]2C(=O)N(CCCCCCO)C3C1=O. The second kappa shape index (κ2) is 11.1. The van der Waals surface area contributed by atoms with Crippen molar-refractivity contribution in [3.63, 3.8) is 0 Å². The summed E-state index contributed by atoms with van der Waals surface area (Å²) in [5.41, 5.74) is -2.20. The number of carbonyl (C=O) groups excluding carboxylic acids is 3. The van der Waals surface area contributed by atoms with Crippen molar-refractivity contribution in [1.29, 1.82) is 0 Å². The molecule has 0 aromatic carbocycles. The monoisotopic (exact) mass is 502 g/mol. The van der Waals surface area contributed by atoms with E-state index in [0.29, 0.717) is 25.9 Å². The van der Waals surface area contributed by atoms with Gasteiger partial charge in [-0.3, -0.25) is 14.4 Å². The number of aliphatic hydroxyl groups excluding tert-OH is 1. The number of likely N-dealkylation sites (tertiary alicyclic amines) is 1. The van der Waals surface area contributed by atoms with Gasteiger partial charge in [0, 0.05) is 25.7 Å². The lowest BCUT2D eigenvalue weighted by molar-refractivity contribution is -0.162.